The van der Waals surface area contributed by atoms with Gasteiger partial charge in [0.05, 0.1) is 21.6 Å². The molecule has 0 saturated heterocycles. The molecule has 10 heteroatoms. The first-order valence-electron chi connectivity index (χ1n) is 7.37. The Bertz CT molecular complexity index is 1070. The minimum Gasteiger partial charge on any atom is -0.246 e. The van der Waals surface area contributed by atoms with Crippen molar-refractivity contribution in [3.8, 4) is 0 Å². The summed E-state index contributed by atoms with van der Waals surface area (Å²) < 4.78 is 28.8. The zero-order chi connectivity index (χ0) is 18.9. The molecule has 136 valence electrons. The molecule has 0 radical (unpaired) electrons. The van der Waals surface area contributed by atoms with E-state index in [0.717, 1.165) is 11.1 Å². The molecule has 0 spiro atoms. The van der Waals surface area contributed by atoms with Crippen LogP contribution in [-0.4, -0.2) is 23.2 Å². The molecule has 0 bridgehead atoms. The van der Waals surface area contributed by atoms with Crippen LogP contribution in [0, 0.1) is 6.92 Å². The molecule has 26 heavy (non-hydrogen) atoms. The first kappa shape index (κ1) is 19.0. The van der Waals surface area contributed by atoms with Crippen LogP contribution < -0.4 is 4.72 Å². The van der Waals surface area contributed by atoms with Crippen molar-refractivity contribution >= 4 is 50.8 Å². The van der Waals surface area contributed by atoms with Gasteiger partial charge in [0.1, 0.15) is 11.2 Å². The van der Waals surface area contributed by atoms with Crippen LogP contribution in [0.4, 0.5) is 5.95 Å². The van der Waals surface area contributed by atoms with E-state index in [-0.39, 0.29) is 25.9 Å². The van der Waals surface area contributed by atoms with Gasteiger partial charge in [0, 0.05) is 0 Å². The van der Waals surface area contributed by atoms with E-state index in [1.165, 1.54) is 23.1 Å². The number of anilines is 1. The fraction of sp³-hybridized carbons (Fsp3) is 0.125. The van der Waals surface area contributed by atoms with Gasteiger partial charge in [-0.15, -0.1) is 5.10 Å². The summed E-state index contributed by atoms with van der Waals surface area (Å²) in [5, 5.41) is 4.32. The number of nitrogens with one attached hydrogen (secondary N) is 1. The lowest BCUT2D eigenvalue weighted by Gasteiger charge is -2.08. The molecule has 3 rings (SSSR count). The quantitative estimate of drug-likeness (QED) is 0.608. The molecular weight excluding hydrogens is 419 g/mol. The molecule has 0 aliphatic carbocycles. The van der Waals surface area contributed by atoms with Gasteiger partial charge in [-0.3, -0.25) is 0 Å². The third-order valence-electron chi connectivity index (χ3n) is 3.45. The third-order valence-corrected chi connectivity index (χ3v) is 5.97. The summed E-state index contributed by atoms with van der Waals surface area (Å²) in [6.07, 6.45) is 1.44. The highest BCUT2D eigenvalue weighted by Crippen LogP contribution is 2.32. The van der Waals surface area contributed by atoms with Crippen LogP contribution in [0.2, 0.25) is 15.1 Å². The highest BCUT2D eigenvalue weighted by atomic mass is 35.5. The molecule has 6 nitrogen and oxygen atoms in total. The topological polar surface area (TPSA) is 76.9 Å². The summed E-state index contributed by atoms with van der Waals surface area (Å²) >= 11 is 17.7. The SMILES string of the molecule is Cc1cccc(Cn2cnc(NS(=O)(=O)c3cc(Cl)c(Cl)cc3Cl)n2)c1. The molecule has 0 unspecified atom stereocenters. The van der Waals surface area contributed by atoms with Crippen LogP contribution in [0.3, 0.4) is 0 Å². The van der Waals surface area contributed by atoms with Crippen LogP contribution in [0.5, 0.6) is 0 Å². The molecule has 0 fully saturated rings. The Morgan fingerprint density at radius 2 is 1.81 bits per heavy atom. The van der Waals surface area contributed by atoms with Crippen LogP contribution in [0.25, 0.3) is 0 Å². The van der Waals surface area contributed by atoms with Gasteiger partial charge < -0.3 is 0 Å². The second kappa shape index (κ2) is 7.44. The van der Waals surface area contributed by atoms with Gasteiger partial charge in [0.25, 0.3) is 16.0 Å². The number of benzene rings is 2. The Labute approximate surface area is 165 Å². The van der Waals surface area contributed by atoms with Crippen LogP contribution in [0.1, 0.15) is 11.1 Å². The van der Waals surface area contributed by atoms with Gasteiger partial charge in [-0.25, -0.2) is 17.8 Å². The number of hydrogen-bond acceptors (Lipinski definition) is 4. The molecule has 0 aliphatic heterocycles. The van der Waals surface area contributed by atoms with E-state index in [1.54, 1.807) is 0 Å². The van der Waals surface area contributed by atoms with Crippen molar-refractivity contribution in [1.29, 1.82) is 0 Å². The summed E-state index contributed by atoms with van der Waals surface area (Å²) in [7, 11) is -4.01. The standard InChI is InChI=1S/C16H13Cl3N4O2S/c1-10-3-2-4-11(5-10)8-23-9-20-16(21-23)22-26(24,25)15-7-13(18)12(17)6-14(15)19/h2-7,9H,8H2,1H3,(H,21,22). The van der Waals surface area contributed by atoms with E-state index < -0.39 is 10.0 Å². The van der Waals surface area contributed by atoms with Gasteiger partial charge in [-0.05, 0) is 24.6 Å². The monoisotopic (exact) mass is 430 g/mol. The predicted molar refractivity (Wildman–Crippen MR) is 103 cm³/mol. The van der Waals surface area contributed by atoms with Crippen molar-refractivity contribution in [2.24, 2.45) is 0 Å². The lowest BCUT2D eigenvalue weighted by atomic mass is 10.1. The minimum absolute atomic E-state index is 0.0499. The maximum atomic E-state index is 12.5. The van der Waals surface area contributed by atoms with Gasteiger partial charge >= 0.3 is 0 Å². The Hall–Kier alpha value is -1.80. The summed E-state index contributed by atoms with van der Waals surface area (Å²) in [6, 6.07) is 10.3. The van der Waals surface area contributed by atoms with E-state index >= 15 is 0 Å². The summed E-state index contributed by atoms with van der Waals surface area (Å²) in [4.78, 5) is 3.77. The Morgan fingerprint density at radius 3 is 2.54 bits per heavy atom. The highest BCUT2D eigenvalue weighted by molar-refractivity contribution is 7.92. The Balaban J connectivity index is 1.81. The van der Waals surface area contributed by atoms with E-state index in [9.17, 15) is 8.42 Å². The summed E-state index contributed by atoms with van der Waals surface area (Å²) in [6.45, 7) is 2.45. The number of halogens is 3. The smallest absolute Gasteiger partial charge is 0.246 e. The molecule has 2 aromatic carbocycles. The van der Waals surface area contributed by atoms with Crippen molar-refractivity contribution in [3.63, 3.8) is 0 Å². The third kappa shape index (κ3) is 4.29. The lowest BCUT2D eigenvalue weighted by Crippen LogP contribution is -2.15. The fourth-order valence-corrected chi connectivity index (χ4v) is 4.25. The average Bonchev–Trinajstić information content (AvgIpc) is 2.97. The normalized spacial score (nSPS) is 11.5. The number of hydrogen-bond donors (Lipinski definition) is 1. The first-order chi connectivity index (χ1) is 12.2. The van der Waals surface area contributed by atoms with Gasteiger partial charge in [-0.1, -0.05) is 64.6 Å². The maximum absolute atomic E-state index is 12.5. The second-order valence-corrected chi connectivity index (χ2v) is 8.43. The van der Waals surface area contributed by atoms with Crippen molar-refractivity contribution in [1.82, 2.24) is 14.8 Å². The number of aryl methyl sites for hydroxylation is 1. The molecule has 0 amide bonds. The van der Waals surface area contributed by atoms with Crippen molar-refractivity contribution in [3.05, 3.63) is 68.9 Å². The Kier molecular flexibility index (Phi) is 5.43. The molecule has 1 N–H and O–H groups in total. The fourth-order valence-electron chi connectivity index (χ4n) is 2.30. The molecule has 0 aliphatic rings. The van der Waals surface area contributed by atoms with Gasteiger partial charge in [0.15, 0.2) is 0 Å². The molecule has 0 saturated carbocycles. The van der Waals surface area contributed by atoms with Crippen molar-refractivity contribution in [2.45, 2.75) is 18.4 Å². The highest BCUT2D eigenvalue weighted by Gasteiger charge is 2.21. The van der Waals surface area contributed by atoms with Gasteiger partial charge in [-0.2, -0.15) is 4.98 Å². The van der Waals surface area contributed by atoms with E-state index in [2.05, 4.69) is 14.8 Å². The molecule has 1 heterocycles. The average molecular weight is 432 g/mol. The Morgan fingerprint density at radius 1 is 1.08 bits per heavy atom. The number of rotatable bonds is 5. The lowest BCUT2D eigenvalue weighted by molar-refractivity contribution is 0.600. The van der Waals surface area contributed by atoms with Crippen LogP contribution in [-0.2, 0) is 16.6 Å². The maximum Gasteiger partial charge on any atom is 0.265 e. The van der Waals surface area contributed by atoms with E-state index in [1.807, 2.05) is 31.2 Å². The summed E-state index contributed by atoms with van der Waals surface area (Å²) in [5.74, 6) is -0.0696. The zero-order valence-corrected chi connectivity index (χ0v) is 16.5. The zero-order valence-electron chi connectivity index (χ0n) is 13.4. The first-order valence-corrected chi connectivity index (χ1v) is 9.99. The predicted octanol–water partition coefficient (Wildman–Crippen LogP) is 4.40. The number of sulfonamides is 1. The van der Waals surface area contributed by atoms with Gasteiger partial charge in [0.2, 0.25) is 0 Å². The number of nitrogens with zero attached hydrogens (tertiary/aromatic N) is 3. The second-order valence-electron chi connectivity index (χ2n) is 5.56. The van der Waals surface area contributed by atoms with Crippen LogP contribution in [0.15, 0.2) is 47.6 Å². The molecule has 0 atom stereocenters. The van der Waals surface area contributed by atoms with Crippen molar-refractivity contribution in [2.75, 3.05) is 4.72 Å². The van der Waals surface area contributed by atoms with E-state index in [4.69, 9.17) is 34.8 Å². The van der Waals surface area contributed by atoms with Crippen molar-refractivity contribution < 1.29 is 8.42 Å². The molecule has 3 aromatic rings. The van der Waals surface area contributed by atoms with E-state index in [0.29, 0.717) is 6.54 Å². The van der Waals surface area contributed by atoms with Crippen LogP contribution >= 0.6 is 34.8 Å². The summed E-state index contributed by atoms with van der Waals surface area (Å²) in [5.41, 5.74) is 2.15. The molecule has 1 aromatic heterocycles. The minimum atomic E-state index is -4.01. The largest absolute Gasteiger partial charge is 0.265 e. The molecular formula is C16H13Cl3N4O2S. The number of aromatic nitrogens is 3.